The summed E-state index contributed by atoms with van der Waals surface area (Å²) < 4.78 is 0. The first-order valence-corrected chi connectivity index (χ1v) is 6.78. The minimum atomic E-state index is 0.599. The number of hydrogen-bond acceptors (Lipinski definition) is 4. The van der Waals surface area contributed by atoms with Crippen LogP contribution in [0.3, 0.4) is 0 Å². The molecule has 0 saturated carbocycles. The molecule has 0 aliphatic rings. The van der Waals surface area contributed by atoms with Crippen molar-refractivity contribution in [3.63, 3.8) is 0 Å². The fourth-order valence-electron chi connectivity index (χ4n) is 1.76. The molecular weight excluding hydrogens is 236 g/mol. The maximum absolute atomic E-state index is 8.77. The molecule has 19 heavy (non-hydrogen) atoms. The van der Waals surface area contributed by atoms with Crippen LogP contribution in [0.5, 0.6) is 0 Å². The molecule has 0 bridgehead atoms. The van der Waals surface area contributed by atoms with Gasteiger partial charge in [0.15, 0.2) is 0 Å². The number of rotatable bonds is 7. The van der Waals surface area contributed by atoms with Crippen LogP contribution in [-0.4, -0.2) is 31.1 Å². The molecule has 0 saturated heterocycles. The molecule has 0 spiro atoms. The number of nitrogen functional groups attached to an aromatic ring is 1. The van der Waals surface area contributed by atoms with Gasteiger partial charge in [-0.15, -0.1) is 0 Å². The molecule has 0 unspecified atom stereocenters. The predicted molar refractivity (Wildman–Crippen MR) is 81.1 cm³/mol. The summed E-state index contributed by atoms with van der Waals surface area (Å²) in [6.45, 7) is 6.43. The largest absolute Gasteiger partial charge is 0.397 e. The standard InChI is InChI=1S/C15H24N4/c1-12(2)19(3)9-5-4-8-18-15-7-6-13(11-16)10-14(15)17/h6-7,10,12,18H,4-5,8-9,17H2,1-3H3. The first kappa shape index (κ1) is 15.3. The molecule has 1 rings (SSSR count). The third kappa shape index (κ3) is 5.19. The molecule has 0 fully saturated rings. The van der Waals surface area contributed by atoms with Crippen molar-refractivity contribution in [1.82, 2.24) is 4.90 Å². The van der Waals surface area contributed by atoms with Gasteiger partial charge in [-0.25, -0.2) is 0 Å². The Morgan fingerprint density at radius 1 is 1.37 bits per heavy atom. The van der Waals surface area contributed by atoms with Crippen LogP contribution < -0.4 is 11.1 Å². The number of anilines is 2. The quantitative estimate of drug-likeness (QED) is 0.584. The van der Waals surface area contributed by atoms with Crippen LogP contribution in [0, 0.1) is 11.3 Å². The summed E-state index contributed by atoms with van der Waals surface area (Å²) in [6, 6.07) is 8.04. The summed E-state index contributed by atoms with van der Waals surface area (Å²) in [6.07, 6.45) is 2.27. The number of nitriles is 1. The van der Waals surface area contributed by atoms with Gasteiger partial charge in [0.25, 0.3) is 0 Å². The molecule has 1 aromatic rings. The van der Waals surface area contributed by atoms with E-state index in [0.717, 1.165) is 31.6 Å². The lowest BCUT2D eigenvalue weighted by molar-refractivity contribution is 0.269. The molecule has 0 radical (unpaired) electrons. The molecule has 4 nitrogen and oxygen atoms in total. The van der Waals surface area contributed by atoms with Crippen LogP contribution in [0.25, 0.3) is 0 Å². The third-order valence-corrected chi connectivity index (χ3v) is 3.32. The zero-order valence-electron chi connectivity index (χ0n) is 12.1. The summed E-state index contributed by atoms with van der Waals surface area (Å²) in [7, 11) is 2.15. The second kappa shape index (κ2) is 7.65. The monoisotopic (exact) mass is 260 g/mol. The first-order chi connectivity index (χ1) is 9.04. The lowest BCUT2D eigenvalue weighted by atomic mass is 10.2. The van der Waals surface area contributed by atoms with Crippen molar-refractivity contribution in [2.75, 3.05) is 31.2 Å². The zero-order chi connectivity index (χ0) is 14.3. The molecule has 0 aliphatic carbocycles. The van der Waals surface area contributed by atoms with E-state index >= 15 is 0 Å². The number of hydrogen-bond donors (Lipinski definition) is 2. The number of benzene rings is 1. The summed E-state index contributed by atoms with van der Waals surface area (Å²) in [5, 5.41) is 12.1. The molecule has 4 heteroatoms. The van der Waals surface area contributed by atoms with Gasteiger partial charge in [0.05, 0.1) is 23.0 Å². The summed E-state index contributed by atoms with van der Waals surface area (Å²) >= 11 is 0. The van der Waals surface area contributed by atoms with Gasteiger partial charge in [-0.1, -0.05) is 0 Å². The van der Waals surface area contributed by atoms with Crippen molar-refractivity contribution in [2.45, 2.75) is 32.7 Å². The Morgan fingerprint density at radius 3 is 2.68 bits per heavy atom. The van der Waals surface area contributed by atoms with E-state index in [1.807, 2.05) is 6.07 Å². The number of nitrogens with two attached hydrogens (primary N) is 1. The van der Waals surface area contributed by atoms with Gasteiger partial charge in [-0.3, -0.25) is 0 Å². The minimum absolute atomic E-state index is 0.599. The fraction of sp³-hybridized carbons (Fsp3) is 0.533. The van der Waals surface area contributed by atoms with Crippen molar-refractivity contribution in [3.05, 3.63) is 23.8 Å². The highest BCUT2D eigenvalue weighted by atomic mass is 15.1. The molecule has 104 valence electrons. The van der Waals surface area contributed by atoms with Crippen LogP contribution in [0.2, 0.25) is 0 Å². The first-order valence-electron chi connectivity index (χ1n) is 6.78. The lowest BCUT2D eigenvalue weighted by Gasteiger charge is -2.20. The van der Waals surface area contributed by atoms with Gasteiger partial charge in [0, 0.05) is 12.6 Å². The SMILES string of the molecule is CC(C)N(C)CCCCNc1ccc(C#N)cc1N. The summed E-state index contributed by atoms with van der Waals surface area (Å²) in [4.78, 5) is 2.34. The average molecular weight is 260 g/mol. The Kier molecular flexibility index (Phi) is 6.17. The van der Waals surface area contributed by atoms with Crippen LogP contribution in [0.4, 0.5) is 11.4 Å². The highest BCUT2D eigenvalue weighted by molar-refractivity contribution is 5.68. The van der Waals surface area contributed by atoms with Crippen molar-refractivity contribution < 1.29 is 0 Å². The van der Waals surface area contributed by atoms with E-state index in [0.29, 0.717) is 17.3 Å². The van der Waals surface area contributed by atoms with Gasteiger partial charge in [-0.05, 0) is 58.5 Å². The normalized spacial score (nSPS) is 10.7. The molecule has 3 N–H and O–H groups in total. The highest BCUT2D eigenvalue weighted by Gasteiger charge is 2.03. The maximum atomic E-state index is 8.77. The van der Waals surface area contributed by atoms with E-state index in [9.17, 15) is 0 Å². The smallest absolute Gasteiger partial charge is 0.0992 e. The number of nitrogens with zero attached hydrogens (tertiary/aromatic N) is 2. The Bertz CT molecular complexity index is 434. The Labute approximate surface area is 116 Å². The van der Waals surface area contributed by atoms with E-state index in [-0.39, 0.29) is 0 Å². The van der Waals surface area contributed by atoms with Gasteiger partial charge < -0.3 is 16.0 Å². The van der Waals surface area contributed by atoms with Crippen LogP contribution in [0.1, 0.15) is 32.3 Å². The van der Waals surface area contributed by atoms with Crippen LogP contribution >= 0.6 is 0 Å². The minimum Gasteiger partial charge on any atom is -0.397 e. The molecule has 0 aromatic heterocycles. The second-order valence-electron chi connectivity index (χ2n) is 5.12. The number of nitrogens with one attached hydrogen (secondary N) is 1. The van der Waals surface area contributed by atoms with Crippen LogP contribution in [-0.2, 0) is 0 Å². The van der Waals surface area contributed by atoms with Gasteiger partial charge in [0.1, 0.15) is 0 Å². The van der Waals surface area contributed by atoms with Crippen LogP contribution in [0.15, 0.2) is 18.2 Å². The summed E-state index contributed by atoms with van der Waals surface area (Å²) in [5.74, 6) is 0. The highest BCUT2D eigenvalue weighted by Crippen LogP contribution is 2.19. The zero-order valence-corrected chi connectivity index (χ0v) is 12.1. The van der Waals surface area contributed by atoms with Crippen molar-refractivity contribution in [3.8, 4) is 6.07 Å². The van der Waals surface area contributed by atoms with E-state index < -0.39 is 0 Å². The van der Waals surface area contributed by atoms with Gasteiger partial charge >= 0.3 is 0 Å². The second-order valence-corrected chi connectivity index (χ2v) is 5.12. The van der Waals surface area contributed by atoms with Crippen molar-refractivity contribution >= 4 is 11.4 Å². The lowest BCUT2D eigenvalue weighted by Crippen LogP contribution is -2.27. The Balaban J connectivity index is 2.28. The molecule has 0 atom stereocenters. The molecule has 0 heterocycles. The maximum Gasteiger partial charge on any atom is 0.0992 e. The fourth-order valence-corrected chi connectivity index (χ4v) is 1.76. The van der Waals surface area contributed by atoms with E-state index in [2.05, 4.69) is 37.2 Å². The molecular formula is C15H24N4. The average Bonchev–Trinajstić information content (AvgIpc) is 2.39. The number of unbranched alkanes of at least 4 members (excludes halogenated alkanes) is 1. The van der Waals surface area contributed by atoms with E-state index in [4.69, 9.17) is 11.0 Å². The molecule has 0 amide bonds. The predicted octanol–water partition coefficient (Wildman–Crippen LogP) is 2.67. The third-order valence-electron chi connectivity index (χ3n) is 3.32. The van der Waals surface area contributed by atoms with E-state index in [1.165, 1.54) is 0 Å². The molecule has 1 aromatic carbocycles. The van der Waals surface area contributed by atoms with Gasteiger partial charge in [0.2, 0.25) is 0 Å². The van der Waals surface area contributed by atoms with Crippen molar-refractivity contribution in [2.24, 2.45) is 0 Å². The topological polar surface area (TPSA) is 65.1 Å². The molecule has 0 aliphatic heterocycles. The summed E-state index contributed by atoms with van der Waals surface area (Å²) in [5.41, 5.74) is 8.03. The Hall–Kier alpha value is -1.73. The van der Waals surface area contributed by atoms with E-state index in [1.54, 1.807) is 12.1 Å². The van der Waals surface area contributed by atoms with Crippen molar-refractivity contribution in [1.29, 1.82) is 5.26 Å². The Morgan fingerprint density at radius 2 is 2.11 bits per heavy atom. The van der Waals surface area contributed by atoms with Gasteiger partial charge in [-0.2, -0.15) is 5.26 Å².